The largest absolute Gasteiger partial charge is 0.496 e. The molecule has 0 saturated carbocycles. The zero-order valence-electron chi connectivity index (χ0n) is 11.8. The number of halogens is 1. The molecule has 0 spiro atoms. The van der Waals surface area contributed by atoms with Crippen LogP contribution >= 0.6 is 11.6 Å². The molecule has 0 aromatic heterocycles. The maximum atomic E-state index is 6.10. The standard InChI is InChI=1S/C15H23ClN2O/c1-3-18(14-5-4-8-17-10-14)11-12-9-13(16)6-7-15(12)19-2/h6-7,9,14,17H,3-5,8,10-11H2,1-2H3. The number of piperidine rings is 1. The van der Waals surface area contributed by atoms with E-state index >= 15 is 0 Å². The van der Waals surface area contributed by atoms with E-state index in [1.807, 2.05) is 18.2 Å². The molecule has 19 heavy (non-hydrogen) atoms. The van der Waals surface area contributed by atoms with Gasteiger partial charge in [-0.1, -0.05) is 18.5 Å². The SMILES string of the molecule is CCN(Cc1cc(Cl)ccc1OC)C1CCCNC1. The minimum Gasteiger partial charge on any atom is -0.496 e. The predicted octanol–water partition coefficient (Wildman–Crippen LogP) is 2.92. The van der Waals surface area contributed by atoms with Crippen molar-refractivity contribution in [2.75, 3.05) is 26.7 Å². The lowest BCUT2D eigenvalue weighted by molar-refractivity contribution is 0.164. The number of rotatable bonds is 5. The topological polar surface area (TPSA) is 24.5 Å². The molecule has 1 aromatic rings. The molecule has 1 heterocycles. The Balaban J connectivity index is 2.10. The van der Waals surface area contributed by atoms with Crippen LogP contribution in [0.3, 0.4) is 0 Å². The van der Waals surface area contributed by atoms with Crippen LogP contribution < -0.4 is 10.1 Å². The van der Waals surface area contributed by atoms with Crippen molar-refractivity contribution >= 4 is 11.6 Å². The molecular weight excluding hydrogens is 260 g/mol. The minimum absolute atomic E-state index is 0.613. The highest BCUT2D eigenvalue weighted by molar-refractivity contribution is 6.30. The molecule has 1 unspecified atom stereocenters. The highest BCUT2D eigenvalue weighted by Gasteiger charge is 2.20. The third kappa shape index (κ3) is 3.85. The van der Waals surface area contributed by atoms with Crippen LogP contribution in [0.5, 0.6) is 5.75 Å². The average Bonchev–Trinajstić information content (AvgIpc) is 2.46. The van der Waals surface area contributed by atoms with Gasteiger partial charge in [0, 0.05) is 29.7 Å². The molecule has 1 aliphatic rings. The maximum Gasteiger partial charge on any atom is 0.123 e. The highest BCUT2D eigenvalue weighted by Crippen LogP contribution is 2.25. The van der Waals surface area contributed by atoms with Gasteiger partial charge in [-0.15, -0.1) is 0 Å². The van der Waals surface area contributed by atoms with Crippen molar-refractivity contribution in [3.05, 3.63) is 28.8 Å². The summed E-state index contributed by atoms with van der Waals surface area (Å²) < 4.78 is 5.43. The summed E-state index contributed by atoms with van der Waals surface area (Å²) in [6, 6.07) is 6.45. The molecule has 1 fully saturated rings. The van der Waals surface area contributed by atoms with Gasteiger partial charge in [-0.2, -0.15) is 0 Å². The van der Waals surface area contributed by atoms with E-state index in [4.69, 9.17) is 16.3 Å². The molecule has 1 aromatic carbocycles. The van der Waals surface area contributed by atoms with Crippen LogP contribution in [0.2, 0.25) is 5.02 Å². The number of benzene rings is 1. The summed E-state index contributed by atoms with van der Waals surface area (Å²) in [6.07, 6.45) is 2.53. The first-order valence-electron chi connectivity index (χ1n) is 7.01. The van der Waals surface area contributed by atoms with Gasteiger partial charge < -0.3 is 10.1 Å². The molecule has 1 aliphatic heterocycles. The second-order valence-electron chi connectivity index (χ2n) is 5.02. The Hall–Kier alpha value is -0.770. The number of hydrogen-bond acceptors (Lipinski definition) is 3. The van der Waals surface area contributed by atoms with Crippen molar-refractivity contribution < 1.29 is 4.74 Å². The molecule has 1 atom stereocenters. The van der Waals surface area contributed by atoms with Gasteiger partial charge in [0.25, 0.3) is 0 Å². The summed E-state index contributed by atoms with van der Waals surface area (Å²) >= 11 is 6.10. The molecule has 1 saturated heterocycles. The Morgan fingerprint density at radius 3 is 2.95 bits per heavy atom. The zero-order chi connectivity index (χ0) is 13.7. The number of hydrogen-bond donors (Lipinski definition) is 1. The molecule has 106 valence electrons. The predicted molar refractivity (Wildman–Crippen MR) is 80.0 cm³/mol. The van der Waals surface area contributed by atoms with Gasteiger partial charge in [0.15, 0.2) is 0 Å². The van der Waals surface area contributed by atoms with Gasteiger partial charge in [0.2, 0.25) is 0 Å². The quantitative estimate of drug-likeness (QED) is 0.899. The van der Waals surface area contributed by atoms with Gasteiger partial charge >= 0.3 is 0 Å². The van der Waals surface area contributed by atoms with Crippen LogP contribution in [0, 0.1) is 0 Å². The first-order valence-corrected chi connectivity index (χ1v) is 7.39. The van der Waals surface area contributed by atoms with Crippen LogP contribution in [-0.4, -0.2) is 37.7 Å². The fraction of sp³-hybridized carbons (Fsp3) is 0.600. The Bertz CT molecular complexity index is 405. The Morgan fingerprint density at radius 2 is 2.32 bits per heavy atom. The second kappa shape index (κ2) is 7.13. The van der Waals surface area contributed by atoms with Crippen molar-refractivity contribution in [1.82, 2.24) is 10.2 Å². The summed E-state index contributed by atoms with van der Waals surface area (Å²) in [5.74, 6) is 0.923. The minimum atomic E-state index is 0.613. The van der Waals surface area contributed by atoms with E-state index in [1.165, 1.54) is 18.4 Å². The van der Waals surface area contributed by atoms with Crippen molar-refractivity contribution in [1.29, 1.82) is 0 Å². The first-order chi connectivity index (χ1) is 9.24. The van der Waals surface area contributed by atoms with Gasteiger partial charge in [-0.25, -0.2) is 0 Å². The molecule has 0 amide bonds. The van der Waals surface area contributed by atoms with Crippen LogP contribution in [-0.2, 0) is 6.54 Å². The fourth-order valence-electron chi connectivity index (χ4n) is 2.73. The van der Waals surface area contributed by atoms with E-state index in [1.54, 1.807) is 7.11 Å². The van der Waals surface area contributed by atoms with Crippen molar-refractivity contribution in [3.8, 4) is 5.75 Å². The average molecular weight is 283 g/mol. The first kappa shape index (κ1) is 14.6. The molecule has 0 bridgehead atoms. The summed E-state index contributed by atoms with van der Waals surface area (Å²) in [6.45, 7) is 6.38. The lowest BCUT2D eigenvalue weighted by atomic mass is 10.0. The number of nitrogens with zero attached hydrogens (tertiary/aromatic N) is 1. The molecule has 1 N–H and O–H groups in total. The summed E-state index contributed by atoms with van der Waals surface area (Å²) in [5.41, 5.74) is 1.17. The molecule has 0 radical (unpaired) electrons. The van der Waals surface area contributed by atoms with E-state index in [-0.39, 0.29) is 0 Å². The van der Waals surface area contributed by atoms with Crippen molar-refractivity contribution in [3.63, 3.8) is 0 Å². The molecule has 0 aliphatic carbocycles. The Kier molecular flexibility index (Phi) is 5.49. The Morgan fingerprint density at radius 1 is 1.47 bits per heavy atom. The lowest BCUT2D eigenvalue weighted by Crippen LogP contribution is -2.45. The number of nitrogens with one attached hydrogen (secondary N) is 1. The Labute approximate surface area is 120 Å². The second-order valence-corrected chi connectivity index (χ2v) is 5.46. The highest BCUT2D eigenvalue weighted by atomic mass is 35.5. The summed E-state index contributed by atoms with van der Waals surface area (Å²) in [7, 11) is 1.71. The van der Waals surface area contributed by atoms with Gasteiger partial charge in [0.1, 0.15) is 5.75 Å². The monoisotopic (exact) mass is 282 g/mol. The van der Waals surface area contributed by atoms with E-state index < -0.39 is 0 Å². The van der Waals surface area contributed by atoms with Crippen LogP contribution in [0.1, 0.15) is 25.3 Å². The van der Waals surface area contributed by atoms with Crippen LogP contribution in [0.4, 0.5) is 0 Å². The lowest BCUT2D eigenvalue weighted by Gasteiger charge is -2.34. The maximum absolute atomic E-state index is 6.10. The van der Waals surface area contributed by atoms with Crippen LogP contribution in [0.15, 0.2) is 18.2 Å². The van der Waals surface area contributed by atoms with Gasteiger partial charge in [-0.3, -0.25) is 4.90 Å². The zero-order valence-corrected chi connectivity index (χ0v) is 12.5. The third-order valence-corrected chi connectivity index (χ3v) is 4.04. The van der Waals surface area contributed by atoms with E-state index in [2.05, 4.69) is 17.1 Å². The van der Waals surface area contributed by atoms with E-state index in [9.17, 15) is 0 Å². The van der Waals surface area contributed by atoms with E-state index in [0.29, 0.717) is 6.04 Å². The molecular formula is C15H23ClN2O. The van der Waals surface area contributed by atoms with Gasteiger partial charge in [0.05, 0.1) is 7.11 Å². The number of ether oxygens (including phenoxy) is 1. The summed E-state index contributed by atoms with van der Waals surface area (Å²) in [4.78, 5) is 2.50. The summed E-state index contributed by atoms with van der Waals surface area (Å²) in [5, 5.41) is 4.25. The fourth-order valence-corrected chi connectivity index (χ4v) is 2.93. The molecule has 2 rings (SSSR count). The van der Waals surface area contributed by atoms with Crippen LogP contribution in [0.25, 0.3) is 0 Å². The smallest absolute Gasteiger partial charge is 0.123 e. The van der Waals surface area contributed by atoms with Crippen molar-refractivity contribution in [2.24, 2.45) is 0 Å². The molecule has 4 heteroatoms. The molecule has 3 nitrogen and oxygen atoms in total. The van der Waals surface area contributed by atoms with E-state index in [0.717, 1.165) is 37.0 Å². The normalized spacial score (nSPS) is 19.7. The number of likely N-dealkylation sites (N-methyl/N-ethyl adjacent to an activating group) is 1. The van der Waals surface area contributed by atoms with Crippen molar-refractivity contribution in [2.45, 2.75) is 32.4 Å². The number of methoxy groups -OCH3 is 1. The van der Waals surface area contributed by atoms with Gasteiger partial charge in [-0.05, 0) is 44.1 Å². The third-order valence-electron chi connectivity index (χ3n) is 3.81.